The zero-order chi connectivity index (χ0) is 22.2. The Balaban J connectivity index is 1.53. The molecule has 0 saturated heterocycles. The van der Waals surface area contributed by atoms with Crippen LogP contribution in [0.2, 0.25) is 15.1 Å². The lowest BCUT2D eigenvalue weighted by molar-refractivity contribution is -0.136. The van der Waals surface area contributed by atoms with E-state index in [2.05, 4.69) is 15.8 Å². The van der Waals surface area contributed by atoms with Crippen molar-refractivity contribution in [1.29, 1.82) is 0 Å². The van der Waals surface area contributed by atoms with Crippen LogP contribution >= 0.6 is 34.8 Å². The summed E-state index contributed by atoms with van der Waals surface area (Å²) in [5.41, 5.74) is 4.08. The van der Waals surface area contributed by atoms with E-state index in [-0.39, 0.29) is 6.61 Å². The van der Waals surface area contributed by atoms with Gasteiger partial charge in [0.15, 0.2) is 0 Å². The minimum atomic E-state index is -0.906. The van der Waals surface area contributed by atoms with Crippen LogP contribution in [0.15, 0.2) is 71.8 Å². The normalized spacial score (nSPS) is 10.7. The molecule has 0 fully saturated rings. The summed E-state index contributed by atoms with van der Waals surface area (Å²) in [7, 11) is 0. The molecule has 0 bridgehead atoms. The maximum absolute atomic E-state index is 11.9. The molecule has 0 radical (unpaired) electrons. The van der Waals surface area contributed by atoms with Crippen molar-refractivity contribution in [3.63, 3.8) is 0 Å². The lowest BCUT2D eigenvalue weighted by atomic mass is 10.2. The van der Waals surface area contributed by atoms with Gasteiger partial charge < -0.3 is 10.1 Å². The minimum Gasteiger partial charge on any atom is -0.489 e. The summed E-state index contributed by atoms with van der Waals surface area (Å²) in [6, 6.07) is 18.6. The maximum atomic E-state index is 11.9. The van der Waals surface area contributed by atoms with Crippen LogP contribution in [-0.2, 0) is 16.2 Å². The summed E-state index contributed by atoms with van der Waals surface area (Å²) in [6.45, 7) is 0.262. The number of anilines is 1. The summed E-state index contributed by atoms with van der Waals surface area (Å²) in [5, 5.41) is 7.84. The molecule has 3 aromatic carbocycles. The molecule has 6 nitrogen and oxygen atoms in total. The van der Waals surface area contributed by atoms with E-state index < -0.39 is 11.8 Å². The van der Waals surface area contributed by atoms with Crippen molar-refractivity contribution in [2.45, 2.75) is 6.61 Å². The summed E-state index contributed by atoms with van der Waals surface area (Å²) in [6.07, 6.45) is 1.40. The Labute approximate surface area is 193 Å². The summed E-state index contributed by atoms with van der Waals surface area (Å²) < 4.78 is 5.74. The molecular weight excluding hydrogens is 461 g/mol. The topological polar surface area (TPSA) is 79.8 Å². The minimum absolute atomic E-state index is 0.262. The van der Waals surface area contributed by atoms with Crippen LogP contribution in [0.4, 0.5) is 5.69 Å². The number of carbonyl (C=O) groups is 2. The Morgan fingerprint density at radius 3 is 2.39 bits per heavy atom. The fourth-order valence-electron chi connectivity index (χ4n) is 2.42. The summed E-state index contributed by atoms with van der Waals surface area (Å²) >= 11 is 17.8. The number of halogens is 3. The zero-order valence-corrected chi connectivity index (χ0v) is 18.2. The van der Waals surface area contributed by atoms with Gasteiger partial charge in [-0.1, -0.05) is 53.0 Å². The number of nitrogens with zero attached hydrogens (tertiary/aromatic N) is 1. The molecule has 0 aliphatic rings. The second-order valence-electron chi connectivity index (χ2n) is 6.26. The van der Waals surface area contributed by atoms with Crippen LogP contribution in [0.3, 0.4) is 0 Å². The van der Waals surface area contributed by atoms with E-state index in [1.54, 1.807) is 66.7 Å². The third kappa shape index (κ3) is 7.00. The highest BCUT2D eigenvalue weighted by Gasteiger charge is 2.12. The molecular formula is C22H16Cl3N3O3. The highest BCUT2D eigenvalue weighted by molar-refractivity contribution is 6.39. The monoisotopic (exact) mass is 475 g/mol. The Kier molecular flexibility index (Phi) is 7.89. The SMILES string of the molecule is O=C(N/N=C/c1cccc(OCc2ccc(Cl)cc2Cl)c1)C(=O)Nc1ccc(Cl)cc1. The van der Waals surface area contributed by atoms with Crippen molar-refractivity contribution in [3.05, 3.63) is 92.9 Å². The molecule has 158 valence electrons. The molecule has 0 aromatic heterocycles. The molecule has 2 N–H and O–H groups in total. The fraction of sp³-hybridized carbons (Fsp3) is 0.0455. The predicted molar refractivity (Wildman–Crippen MR) is 123 cm³/mol. The van der Waals surface area contributed by atoms with Gasteiger partial charge in [-0.25, -0.2) is 5.43 Å². The first-order chi connectivity index (χ1) is 14.9. The van der Waals surface area contributed by atoms with E-state index in [4.69, 9.17) is 39.5 Å². The van der Waals surface area contributed by atoms with Crippen molar-refractivity contribution in [2.75, 3.05) is 5.32 Å². The first-order valence-electron chi connectivity index (χ1n) is 8.97. The number of carbonyl (C=O) groups excluding carboxylic acids is 2. The van der Waals surface area contributed by atoms with Crippen LogP contribution in [0.5, 0.6) is 5.75 Å². The molecule has 31 heavy (non-hydrogen) atoms. The van der Waals surface area contributed by atoms with Gasteiger partial charge in [-0.2, -0.15) is 5.10 Å². The molecule has 3 rings (SSSR count). The second kappa shape index (κ2) is 10.8. The number of amides is 2. The molecule has 2 amide bonds. The lowest BCUT2D eigenvalue weighted by Gasteiger charge is -2.08. The van der Waals surface area contributed by atoms with Gasteiger partial charge in [0.25, 0.3) is 0 Å². The number of rotatable bonds is 6. The standard InChI is InChI=1S/C22H16Cl3N3O3/c23-16-6-8-18(9-7-16)27-21(29)22(30)28-26-12-14-2-1-3-19(10-14)31-13-15-4-5-17(24)11-20(15)25/h1-12H,13H2,(H,27,29)(H,28,30)/b26-12+. The highest BCUT2D eigenvalue weighted by Crippen LogP contribution is 2.23. The average molecular weight is 477 g/mol. The van der Waals surface area contributed by atoms with E-state index in [0.29, 0.717) is 32.1 Å². The quantitative estimate of drug-likeness (QED) is 0.287. The van der Waals surface area contributed by atoms with Crippen molar-refractivity contribution in [3.8, 4) is 5.75 Å². The lowest BCUT2D eigenvalue weighted by Crippen LogP contribution is -2.32. The van der Waals surface area contributed by atoms with Gasteiger partial charge >= 0.3 is 11.8 Å². The smallest absolute Gasteiger partial charge is 0.329 e. The van der Waals surface area contributed by atoms with Gasteiger partial charge in [0.2, 0.25) is 0 Å². The van der Waals surface area contributed by atoms with Gasteiger partial charge in [0.1, 0.15) is 12.4 Å². The van der Waals surface area contributed by atoms with E-state index in [0.717, 1.165) is 5.56 Å². The summed E-state index contributed by atoms with van der Waals surface area (Å²) in [5.74, 6) is -1.17. The fourth-order valence-corrected chi connectivity index (χ4v) is 3.01. The maximum Gasteiger partial charge on any atom is 0.329 e. The van der Waals surface area contributed by atoms with Crippen LogP contribution in [-0.4, -0.2) is 18.0 Å². The molecule has 0 spiro atoms. The molecule has 0 saturated carbocycles. The van der Waals surface area contributed by atoms with Crippen molar-refractivity contribution in [1.82, 2.24) is 5.43 Å². The number of hydrogen-bond acceptors (Lipinski definition) is 4. The van der Waals surface area contributed by atoms with Crippen LogP contribution in [0.25, 0.3) is 0 Å². The van der Waals surface area contributed by atoms with E-state index in [1.165, 1.54) is 6.21 Å². The van der Waals surface area contributed by atoms with Gasteiger partial charge in [-0.15, -0.1) is 0 Å². The molecule has 0 atom stereocenters. The van der Waals surface area contributed by atoms with E-state index >= 15 is 0 Å². The Hall–Kier alpha value is -3.06. The average Bonchev–Trinajstić information content (AvgIpc) is 2.75. The van der Waals surface area contributed by atoms with E-state index in [9.17, 15) is 9.59 Å². The number of hydrogen-bond donors (Lipinski definition) is 2. The first-order valence-corrected chi connectivity index (χ1v) is 10.1. The number of benzene rings is 3. The number of hydrazone groups is 1. The van der Waals surface area contributed by atoms with Gasteiger partial charge in [0, 0.05) is 26.3 Å². The van der Waals surface area contributed by atoms with Gasteiger partial charge in [-0.05, 0) is 54.1 Å². The largest absolute Gasteiger partial charge is 0.489 e. The first kappa shape index (κ1) is 22.6. The molecule has 3 aromatic rings. The van der Waals surface area contributed by atoms with Crippen LogP contribution < -0.4 is 15.5 Å². The number of ether oxygens (including phenoxy) is 1. The number of nitrogens with one attached hydrogen (secondary N) is 2. The molecule has 9 heteroatoms. The molecule has 0 aliphatic heterocycles. The third-order valence-corrected chi connectivity index (χ3v) is 4.79. The molecule has 0 unspecified atom stereocenters. The highest BCUT2D eigenvalue weighted by atomic mass is 35.5. The van der Waals surface area contributed by atoms with E-state index in [1.807, 2.05) is 0 Å². The second-order valence-corrected chi connectivity index (χ2v) is 7.54. The van der Waals surface area contributed by atoms with Gasteiger partial charge in [0.05, 0.1) is 6.21 Å². The molecule has 0 heterocycles. The van der Waals surface area contributed by atoms with Crippen molar-refractivity contribution < 1.29 is 14.3 Å². The summed E-state index contributed by atoms with van der Waals surface area (Å²) in [4.78, 5) is 23.8. The Morgan fingerprint density at radius 1 is 0.903 bits per heavy atom. The van der Waals surface area contributed by atoms with Crippen molar-refractivity contribution in [2.24, 2.45) is 5.10 Å². The van der Waals surface area contributed by atoms with Crippen molar-refractivity contribution >= 4 is 58.5 Å². The Morgan fingerprint density at radius 2 is 1.65 bits per heavy atom. The third-order valence-electron chi connectivity index (χ3n) is 3.96. The molecule has 0 aliphatic carbocycles. The van der Waals surface area contributed by atoms with Crippen LogP contribution in [0.1, 0.15) is 11.1 Å². The zero-order valence-electron chi connectivity index (χ0n) is 15.9. The van der Waals surface area contributed by atoms with Gasteiger partial charge in [-0.3, -0.25) is 9.59 Å². The Bertz CT molecular complexity index is 1120. The van der Waals surface area contributed by atoms with Crippen LogP contribution in [0, 0.1) is 0 Å². The predicted octanol–water partition coefficient (Wildman–Crippen LogP) is 5.31.